The van der Waals surface area contributed by atoms with Crippen LogP contribution in [0.2, 0.25) is 0 Å². The van der Waals surface area contributed by atoms with E-state index in [-0.39, 0.29) is 0 Å². The quantitative estimate of drug-likeness (QED) is 0.122. The second-order valence-electron chi connectivity index (χ2n) is 28.4. The minimum Gasteiger partial charge on any atom is -0.309 e. The van der Waals surface area contributed by atoms with E-state index in [0.29, 0.717) is 0 Å². The number of hydrogen-bond donors (Lipinski definition) is 0. The highest BCUT2D eigenvalue weighted by atomic mass is 15.1. The van der Waals surface area contributed by atoms with E-state index in [9.17, 15) is 0 Å². The molecule has 9 nitrogen and oxygen atoms in total. The lowest BCUT2D eigenvalue weighted by Crippen LogP contribution is -1.96. The summed E-state index contributed by atoms with van der Waals surface area (Å²) in [5, 5.41) is 9.57. The molecule has 0 spiro atoms. The summed E-state index contributed by atoms with van der Waals surface area (Å²) in [6.45, 7) is 0. The fraction of sp³-hybridized carbons (Fsp3) is 0. The summed E-state index contributed by atoms with van der Waals surface area (Å²) in [5.41, 5.74) is 30.1. The molecule has 9 aromatic heterocycles. The van der Waals surface area contributed by atoms with E-state index >= 15 is 0 Å². The molecule has 0 aliphatic heterocycles. The number of hydrogen-bond acceptors (Lipinski definition) is 5. The van der Waals surface area contributed by atoms with Gasteiger partial charge in [-0.2, -0.15) is 0 Å². The van der Waals surface area contributed by atoms with E-state index in [1.165, 1.54) is 71.3 Å². The van der Waals surface area contributed by atoms with Gasteiger partial charge in [-0.1, -0.05) is 231 Å². The number of nitrogens with zero attached hydrogens (tertiary/aromatic N) is 9. The summed E-state index contributed by atoms with van der Waals surface area (Å²) in [4.78, 5) is 24.8. The van der Waals surface area contributed by atoms with Crippen LogP contribution in [-0.2, 0) is 0 Å². The van der Waals surface area contributed by atoms with Gasteiger partial charge in [-0.15, -0.1) is 0 Å². The summed E-state index contributed by atoms with van der Waals surface area (Å²) in [6, 6.07) is 138. The first kappa shape index (κ1) is 65.1. The zero-order valence-corrected chi connectivity index (χ0v) is 60.7. The van der Waals surface area contributed by atoms with Crippen molar-refractivity contribution < 1.29 is 0 Å². The molecule has 0 aliphatic carbocycles. The third-order valence-electron chi connectivity index (χ3n) is 21.8. The maximum absolute atomic E-state index is 5.16. The molecule has 0 N–H and O–H groups in total. The molecule has 0 saturated heterocycles. The maximum atomic E-state index is 5.16. The second-order valence-corrected chi connectivity index (χ2v) is 28.4. The number of benzene rings is 13. The summed E-state index contributed by atoms with van der Waals surface area (Å²) >= 11 is 0. The van der Waals surface area contributed by atoms with E-state index in [2.05, 4.69) is 357 Å². The van der Waals surface area contributed by atoms with Crippen LogP contribution in [0, 0.1) is 0 Å². The molecule has 524 valence electrons. The minimum absolute atomic E-state index is 0.895. The van der Waals surface area contributed by atoms with Gasteiger partial charge in [0.2, 0.25) is 0 Å². The van der Waals surface area contributed by atoms with Crippen molar-refractivity contribution in [1.82, 2.24) is 43.2 Å². The molecule has 0 unspecified atom stereocenters. The first-order valence-electron chi connectivity index (χ1n) is 37.8. The highest BCUT2D eigenvalue weighted by Crippen LogP contribution is 2.42. The predicted molar refractivity (Wildman–Crippen MR) is 463 cm³/mol. The Balaban J connectivity index is 0.000000141. The van der Waals surface area contributed by atoms with Crippen LogP contribution in [0.25, 0.3) is 200 Å². The van der Waals surface area contributed by atoms with Gasteiger partial charge in [0, 0.05) is 112 Å². The van der Waals surface area contributed by atoms with Crippen molar-refractivity contribution in [3.63, 3.8) is 0 Å². The van der Waals surface area contributed by atoms with Crippen molar-refractivity contribution in [3.05, 3.63) is 407 Å². The van der Waals surface area contributed by atoms with Gasteiger partial charge in [-0.3, -0.25) is 14.1 Å². The number of pyridine rings is 5. The zero-order valence-electron chi connectivity index (χ0n) is 60.7. The zero-order chi connectivity index (χ0) is 74.0. The van der Waals surface area contributed by atoms with Crippen LogP contribution >= 0.6 is 0 Å². The number of aromatic nitrogens is 9. The van der Waals surface area contributed by atoms with Crippen molar-refractivity contribution in [2.24, 2.45) is 0 Å². The van der Waals surface area contributed by atoms with Gasteiger partial charge in [-0.25, -0.2) is 19.9 Å². The van der Waals surface area contributed by atoms with Crippen LogP contribution in [0.1, 0.15) is 0 Å². The Hall–Kier alpha value is -15.2. The monoisotopic (exact) mass is 1430 g/mol. The molecule has 0 atom stereocenters. The molecule has 9 heteroatoms. The molecule has 0 saturated carbocycles. The normalized spacial score (nSPS) is 11.6. The van der Waals surface area contributed by atoms with Crippen molar-refractivity contribution in [2.75, 3.05) is 0 Å². The van der Waals surface area contributed by atoms with Crippen LogP contribution in [0.15, 0.2) is 407 Å². The Kier molecular flexibility index (Phi) is 16.0. The molecule has 0 bridgehead atoms. The third kappa shape index (κ3) is 11.5. The van der Waals surface area contributed by atoms with E-state index < -0.39 is 0 Å². The van der Waals surface area contributed by atoms with Gasteiger partial charge < -0.3 is 9.13 Å². The van der Waals surface area contributed by atoms with E-state index in [4.69, 9.17) is 19.9 Å². The van der Waals surface area contributed by atoms with Gasteiger partial charge in [-0.05, 0) is 191 Å². The summed E-state index contributed by atoms with van der Waals surface area (Å²) in [7, 11) is 0. The summed E-state index contributed by atoms with van der Waals surface area (Å²) < 4.78 is 9.29. The van der Waals surface area contributed by atoms with Gasteiger partial charge in [0.15, 0.2) is 0 Å². The third-order valence-corrected chi connectivity index (χ3v) is 21.8. The van der Waals surface area contributed by atoms with Gasteiger partial charge >= 0.3 is 0 Å². The highest BCUT2D eigenvalue weighted by molar-refractivity contribution is 6.14. The molecule has 112 heavy (non-hydrogen) atoms. The largest absolute Gasteiger partial charge is 0.309 e. The van der Waals surface area contributed by atoms with E-state index in [1.54, 1.807) is 0 Å². The maximum Gasteiger partial charge on any atom is 0.145 e. The number of rotatable bonds is 12. The topological polar surface area (TPSA) is 84.2 Å². The summed E-state index contributed by atoms with van der Waals surface area (Å²) in [6.07, 6.45) is 5.59. The van der Waals surface area contributed by atoms with Gasteiger partial charge in [0.25, 0.3) is 0 Å². The smallest absolute Gasteiger partial charge is 0.145 e. The molecule has 13 aromatic carbocycles. The van der Waals surface area contributed by atoms with E-state index in [0.717, 1.165) is 129 Å². The SMILES string of the molecule is c1ccc(-c2cc(-c3ccccc3)nc(-c3ccc(-n4c5ccc(-c6ccc7c8ccccc8n(-c8ccccc8)c7c6)cc5c5cccnc54)cc3)c2)cc1.c1ccc(-c2cc(-c3ccccn3)cc(-c3ccc(-n4c5ccc(-c6ccc7c8ccccc8n(-c8ccccc8)c7c6)cc5c5cccnc54)cc3)n2)cc1. The molecule has 22 aromatic rings. The molecule has 0 aliphatic rings. The lowest BCUT2D eigenvalue weighted by Gasteiger charge is -2.12. The number of para-hydroxylation sites is 4. The van der Waals surface area contributed by atoms with Crippen LogP contribution in [-0.4, -0.2) is 43.2 Å². The highest BCUT2D eigenvalue weighted by Gasteiger charge is 2.22. The minimum atomic E-state index is 0.895. The Morgan fingerprint density at radius 1 is 0.152 bits per heavy atom. The first-order valence-corrected chi connectivity index (χ1v) is 37.8. The van der Waals surface area contributed by atoms with Crippen molar-refractivity contribution >= 4 is 87.5 Å². The van der Waals surface area contributed by atoms with E-state index in [1.807, 2.05) is 73.2 Å². The molecule has 0 radical (unpaired) electrons. The fourth-order valence-electron chi connectivity index (χ4n) is 16.5. The Labute approximate surface area is 645 Å². The van der Waals surface area contributed by atoms with Crippen molar-refractivity contribution in [3.8, 4) is 112 Å². The summed E-state index contributed by atoms with van der Waals surface area (Å²) in [5.74, 6) is 0. The Morgan fingerprint density at radius 2 is 0.473 bits per heavy atom. The Bertz CT molecular complexity index is 6760. The first-order chi connectivity index (χ1) is 55.5. The number of fused-ring (bicyclic) bond motifs is 12. The predicted octanol–water partition coefficient (Wildman–Crippen LogP) is 26.1. The lowest BCUT2D eigenvalue weighted by atomic mass is 10.00. The van der Waals surface area contributed by atoms with Crippen LogP contribution < -0.4 is 0 Å². The lowest BCUT2D eigenvalue weighted by molar-refractivity contribution is 1.13. The van der Waals surface area contributed by atoms with Crippen LogP contribution in [0.4, 0.5) is 0 Å². The molecule has 22 rings (SSSR count). The molecule has 9 heterocycles. The van der Waals surface area contributed by atoms with Crippen molar-refractivity contribution in [2.45, 2.75) is 0 Å². The van der Waals surface area contributed by atoms with Gasteiger partial charge in [0.05, 0.1) is 61.6 Å². The molecule has 0 fully saturated rings. The van der Waals surface area contributed by atoms with Crippen molar-refractivity contribution in [1.29, 1.82) is 0 Å². The van der Waals surface area contributed by atoms with Crippen LogP contribution in [0.3, 0.4) is 0 Å². The standard InChI is InChI=1S/C52H34N4.C51H33N5/c1-4-13-35(14-5-1)40-32-47(36-15-6-2-7-16-36)54-48(33-40)37-22-26-42(27-23-37)56-50-29-25-38(31-46(50)45-20-12-30-53-52(45)56)39-24-28-44-43-19-10-11-21-49(43)55(51(44)34-39)41-17-8-3-9-18-41;1-3-12-34(13-4-1)46-31-38(45-18-9-10-28-52-45)32-47(54-46)35-20-24-40(25-21-35)56-49-27-23-36(30-44(49)43-17-11-29-53-51(43)56)37-22-26-42-41-16-7-8-19-48(41)55(50(42)33-37)39-14-5-2-6-15-39/h1-34H;1-33H. The molecular formula is C103H67N9. The second kappa shape index (κ2) is 27.5. The fourth-order valence-corrected chi connectivity index (χ4v) is 16.5. The Morgan fingerprint density at radius 3 is 0.911 bits per heavy atom. The molecule has 0 amide bonds. The average Bonchev–Trinajstić information content (AvgIpc) is 1.60. The van der Waals surface area contributed by atoms with Gasteiger partial charge in [0.1, 0.15) is 11.3 Å². The average molecular weight is 1430 g/mol. The molecular weight excluding hydrogens is 1360 g/mol. The van der Waals surface area contributed by atoms with Crippen LogP contribution in [0.5, 0.6) is 0 Å².